The van der Waals surface area contributed by atoms with Crippen LogP contribution in [0.1, 0.15) is 18.5 Å². The highest BCUT2D eigenvalue weighted by Gasteiger charge is 2.39. The van der Waals surface area contributed by atoms with Crippen molar-refractivity contribution in [3.63, 3.8) is 0 Å². The molecule has 1 saturated carbocycles. The van der Waals surface area contributed by atoms with Crippen LogP contribution in [-0.4, -0.2) is 23.3 Å². The Morgan fingerprint density at radius 1 is 1.27 bits per heavy atom. The van der Waals surface area contributed by atoms with Crippen LogP contribution in [0.2, 0.25) is 0 Å². The fourth-order valence-corrected chi connectivity index (χ4v) is 4.13. The summed E-state index contributed by atoms with van der Waals surface area (Å²) in [6, 6.07) is 5.97. The van der Waals surface area contributed by atoms with Crippen molar-refractivity contribution in [2.75, 3.05) is 0 Å². The SMILES string of the molecule is Cn1cccc1CN(C1CC1)S(=O)(=O)c1cc(F)ccc1F. The van der Waals surface area contributed by atoms with Crippen molar-refractivity contribution in [2.24, 2.45) is 7.05 Å². The standard InChI is InChI=1S/C15H16F2N2O2S/c1-18-8-2-3-13(18)10-19(12-5-6-12)22(20,21)15-9-11(16)4-7-14(15)17/h2-4,7-9,12H,5-6,10H2,1H3. The lowest BCUT2D eigenvalue weighted by Crippen LogP contribution is -2.34. The van der Waals surface area contributed by atoms with E-state index in [2.05, 4.69) is 0 Å². The molecule has 0 atom stereocenters. The molecule has 4 nitrogen and oxygen atoms in total. The van der Waals surface area contributed by atoms with Crippen LogP contribution in [0.3, 0.4) is 0 Å². The molecule has 0 N–H and O–H groups in total. The maximum absolute atomic E-state index is 13.9. The fourth-order valence-electron chi connectivity index (χ4n) is 2.39. The molecule has 1 heterocycles. The van der Waals surface area contributed by atoms with Crippen LogP contribution in [0.5, 0.6) is 0 Å². The molecule has 0 amide bonds. The lowest BCUT2D eigenvalue weighted by molar-refractivity contribution is 0.386. The van der Waals surface area contributed by atoms with Crippen LogP contribution in [0, 0.1) is 11.6 Å². The van der Waals surface area contributed by atoms with E-state index in [0.717, 1.165) is 36.7 Å². The van der Waals surface area contributed by atoms with E-state index in [9.17, 15) is 17.2 Å². The van der Waals surface area contributed by atoms with Gasteiger partial charge in [0.15, 0.2) is 0 Å². The summed E-state index contributed by atoms with van der Waals surface area (Å²) in [6.07, 6.45) is 3.29. The molecule has 0 radical (unpaired) electrons. The van der Waals surface area contributed by atoms with E-state index >= 15 is 0 Å². The van der Waals surface area contributed by atoms with Crippen molar-refractivity contribution in [3.8, 4) is 0 Å². The smallest absolute Gasteiger partial charge is 0.246 e. The summed E-state index contributed by atoms with van der Waals surface area (Å²) in [6.45, 7) is 0.145. The molecule has 3 rings (SSSR count). The van der Waals surface area contributed by atoms with Gasteiger partial charge in [-0.3, -0.25) is 0 Å². The lowest BCUT2D eigenvalue weighted by Gasteiger charge is -2.22. The van der Waals surface area contributed by atoms with Gasteiger partial charge in [-0.1, -0.05) is 0 Å². The maximum Gasteiger partial charge on any atom is 0.246 e. The van der Waals surface area contributed by atoms with Crippen molar-refractivity contribution in [1.29, 1.82) is 0 Å². The van der Waals surface area contributed by atoms with Crippen molar-refractivity contribution in [3.05, 3.63) is 53.9 Å². The first kappa shape index (κ1) is 15.2. The number of sulfonamides is 1. The molecule has 1 aliphatic rings. The van der Waals surface area contributed by atoms with Crippen molar-refractivity contribution < 1.29 is 17.2 Å². The fraction of sp³-hybridized carbons (Fsp3) is 0.333. The monoisotopic (exact) mass is 326 g/mol. The first-order valence-electron chi connectivity index (χ1n) is 6.96. The molecular weight excluding hydrogens is 310 g/mol. The van der Waals surface area contributed by atoms with Crippen LogP contribution < -0.4 is 0 Å². The molecule has 1 aliphatic carbocycles. The van der Waals surface area contributed by atoms with E-state index in [4.69, 9.17) is 0 Å². The van der Waals surface area contributed by atoms with E-state index in [0.29, 0.717) is 0 Å². The molecule has 7 heteroatoms. The largest absolute Gasteiger partial charge is 0.353 e. The minimum absolute atomic E-state index is 0.145. The number of nitrogens with zero attached hydrogens (tertiary/aromatic N) is 2. The molecular formula is C15H16F2N2O2S. The van der Waals surface area contributed by atoms with E-state index in [1.165, 1.54) is 4.31 Å². The average Bonchev–Trinajstić information content (AvgIpc) is 3.22. The van der Waals surface area contributed by atoms with Gasteiger partial charge in [-0.05, 0) is 43.2 Å². The van der Waals surface area contributed by atoms with Crippen LogP contribution in [-0.2, 0) is 23.6 Å². The van der Waals surface area contributed by atoms with Crippen LogP contribution >= 0.6 is 0 Å². The minimum Gasteiger partial charge on any atom is -0.353 e. The Morgan fingerprint density at radius 2 is 2.00 bits per heavy atom. The van der Waals surface area contributed by atoms with Gasteiger partial charge < -0.3 is 4.57 Å². The normalized spacial score (nSPS) is 15.5. The van der Waals surface area contributed by atoms with E-state index in [1.54, 1.807) is 0 Å². The third kappa shape index (κ3) is 2.78. The summed E-state index contributed by atoms with van der Waals surface area (Å²) in [4.78, 5) is -0.603. The molecule has 1 aromatic heterocycles. The summed E-state index contributed by atoms with van der Waals surface area (Å²) in [5.41, 5.74) is 0.798. The zero-order valence-corrected chi connectivity index (χ0v) is 12.9. The Bertz CT molecular complexity index is 798. The Balaban J connectivity index is 2.00. The molecule has 1 fully saturated rings. The predicted molar refractivity (Wildman–Crippen MR) is 77.5 cm³/mol. The Kier molecular flexibility index (Phi) is 3.78. The van der Waals surface area contributed by atoms with Gasteiger partial charge in [-0.25, -0.2) is 17.2 Å². The number of benzene rings is 1. The topological polar surface area (TPSA) is 42.3 Å². The number of aryl methyl sites for hydroxylation is 1. The summed E-state index contributed by atoms with van der Waals surface area (Å²) in [5, 5.41) is 0. The molecule has 0 spiro atoms. The number of rotatable bonds is 5. The summed E-state index contributed by atoms with van der Waals surface area (Å²) >= 11 is 0. The van der Waals surface area contributed by atoms with Gasteiger partial charge in [0.25, 0.3) is 0 Å². The van der Waals surface area contributed by atoms with Crippen molar-refractivity contribution >= 4 is 10.0 Å². The molecule has 0 bridgehead atoms. The molecule has 22 heavy (non-hydrogen) atoms. The molecule has 0 unspecified atom stereocenters. The van der Waals surface area contributed by atoms with Gasteiger partial charge in [-0.2, -0.15) is 4.31 Å². The zero-order chi connectivity index (χ0) is 15.9. The highest BCUT2D eigenvalue weighted by atomic mass is 32.2. The highest BCUT2D eigenvalue weighted by molar-refractivity contribution is 7.89. The van der Waals surface area contributed by atoms with Crippen LogP contribution in [0.15, 0.2) is 41.4 Å². The highest BCUT2D eigenvalue weighted by Crippen LogP contribution is 2.34. The quantitative estimate of drug-likeness (QED) is 0.848. The average molecular weight is 326 g/mol. The van der Waals surface area contributed by atoms with Gasteiger partial charge in [0, 0.05) is 25.0 Å². The Morgan fingerprint density at radius 3 is 2.59 bits per heavy atom. The molecule has 2 aromatic rings. The zero-order valence-electron chi connectivity index (χ0n) is 12.0. The molecule has 0 aliphatic heterocycles. The number of hydrogen-bond acceptors (Lipinski definition) is 2. The maximum atomic E-state index is 13.9. The lowest BCUT2D eigenvalue weighted by atomic mass is 10.3. The first-order chi connectivity index (χ1) is 10.4. The van der Waals surface area contributed by atoms with Crippen LogP contribution in [0.25, 0.3) is 0 Å². The van der Waals surface area contributed by atoms with Crippen molar-refractivity contribution in [2.45, 2.75) is 30.3 Å². The van der Waals surface area contributed by atoms with Crippen LogP contribution in [0.4, 0.5) is 8.78 Å². The Labute approximate surface area is 128 Å². The number of halogens is 2. The van der Waals surface area contributed by atoms with E-state index in [-0.39, 0.29) is 12.6 Å². The van der Waals surface area contributed by atoms with Gasteiger partial charge in [0.05, 0.1) is 6.54 Å². The predicted octanol–water partition coefficient (Wildman–Crippen LogP) is 2.66. The second kappa shape index (κ2) is 5.48. The van der Waals surface area contributed by atoms with Gasteiger partial charge >= 0.3 is 0 Å². The summed E-state index contributed by atoms with van der Waals surface area (Å²) in [7, 11) is -2.26. The number of aromatic nitrogens is 1. The van der Waals surface area contributed by atoms with Gasteiger partial charge in [0.2, 0.25) is 10.0 Å². The first-order valence-corrected chi connectivity index (χ1v) is 8.40. The summed E-state index contributed by atoms with van der Waals surface area (Å²) < 4.78 is 55.8. The summed E-state index contributed by atoms with van der Waals surface area (Å²) in [5.74, 6) is -1.70. The van der Waals surface area contributed by atoms with Crippen molar-refractivity contribution in [1.82, 2.24) is 8.87 Å². The van der Waals surface area contributed by atoms with E-state index < -0.39 is 26.6 Å². The molecule has 0 saturated heterocycles. The number of hydrogen-bond donors (Lipinski definition) is 0. The third-order valence-electron chi connectivity index (χ3n) is 3.80. The second-order valence-corrected chi connectivity index (χ2v) is 7.33. The third-order valence-corrected chi connectivity index (χ3v) is 5.72. The van der Waals surface area contributed by atoms with Gasteiger partial charge in [-0.15, -0.1) is 0 Å². The molecule has 118 valence electrons. The Hall–Kier alpha value is -1.73. The van der Waals surface area contributed by atoms with E-state index in [1.807, 2.05) is 29.9 Å². The molecule has 1 aromatic carbocycles. The second-order valence-electron chi connectivity index (χ2n) is 5.47. The van der Waals surface area contributed by atoms with Gasteiger partial charge in [0.1, 0.15) is 16.5 Å². The minimum atomic E-state index is -4.08.